The lowest BCUT2D eigenvalue weighted by Gasteiger charge is -2.28. The smallest absolute Gasteiger partial charge is 0.359 e. The van der Waals surface area contributed by atoms with Crippen molar-refractivity contribution in [3.05, 3.63) is 29.3 Å². The van der Waals surface area contributed by atoms with E-state index in [1.807, 2.05) is 25.1 Å². The van der Waals surface area contributed by atoms with Gasteiger partial charge in [-0.1, -0.05) is 17.7 Å². The summed E-state index contributed by atoms with van der Waals surface area (Å²) in [6.45, 7) is 1.67. The molecule has 0 spiro atoms. The second-order valence-electron chi connectivity index (χ2n) is 5.14. The molecule has 0 atom stereocenters. The molecule has 0 radical (unpaired) electrons. The summed E-state index contributed by atoms with van der Waals surface area (Å²) in [5, 5.41) is 3.02. The number of aryl methyl sites for hydroxylation is 1. The van der Waals surface area contributed by atoms with Gasteiger partial charge < -0.3 is 10.2 Å². The number of hydrogen-bond acceptors (Lipinski definition) is 2. The lowest BCUT2D eigenvalue weighted by molar-refractivity contribution is -0.120. The first-order valence-corrected chi connectivity index (χ1v) is 6.48. The quantitative estimate of drug-likeness (QED) is 0.885. The minimum atomic E-state index is -4.16. The second-order valence-corrected chi connectivity index (χ2v) is 5.14. The zero-order chi connectivity index (χ0) is 14.0. The molecule has 0 aliphatic heterocycles. The van der Waals surface area contributed by atoms with E-state index < -0.39 is 12.7 Å². The molecule has 0 heterocycles. The van der Waals surface area contributed by atoms with Crippen molar-refractivity contribution in [2.75, 3.05) is 18.5 Å². The van der Waals surface area contributed by atoms with Gasteiger partial charge in [0, 0.05) is 18.3 Å². The molecule has 0 amide bonds. The van der Waals surface area contributed by atoms with Crippen molar-refractivity contribution in [1.82, 2.24) is 5.32 Å². The van der Waals surface area contributed by atoms with Crippen LogP contribution in [0.5, 0.6) is 0 Å². The first-order chi connectivity index (χ1) is 8.90. The standard InChI is InChI=1S/C14H19F3N2/c1-10-3-6-13(11(7-10)8-18-2)19(12-4-5-12)9-14(15,16)17/h3,6-7,12,18H,4-5,8-9H2,1-2H3. The Balaban J connectivity index is 2.30. The second kappa shape index (κ2) is 5.41. The van der Waals surface area contributed by atoms with Crippen molar-refractivity contribution < 1.29 is 13.2 Å². The van der Waals surface area contributed by atoms with Crippen molar-refractivity contribution in [2.45, 2.75) is 38.5 Å². The van der Waals surface area contributed by atoms with Crippen molar-refractivity contribution >= 4 is 5.69 Å². The predicted molar refractivity (Wildman–Crippen MR) is 70.4 cm³/mol. The number of rotatable bonds is 5. The monoisotopic (exact) mass is 272 g/mol. The number of nitrogens with one attached hydrogen (secondary N) is 1. The third-order valence-electron chi connectivity index (χ3n) is 3.25. The molecule has 0 aromatic heterocycles. The van der Waals surface area contributed by atoms with Crippen LogP contribution in [-0.2, 0) is 6.54 Å². The normalized spacial score (nSPS) is 15.6. The van der Waals surface area contributed by atoms with Crippen molar-refractivity contribution in [1.29, 1.82) is 0 Å². The van der Waals surface area contributed by atoms with Crippen LogP contribution in [0.3, 0.4) is 0 Å². The number of alkyl halides is 3. The first kappa shape index (κ1) is 14.2. The van der Waals surface area contributed by atoms with Gasteiger partial charge in [-0.05, 0) is 38.4 Å². The number of benzene rings is 1. The summed E-state index contributed by atoms with van der Waals surface area (Å²) < 4.78 is 38.2. The summed E-state index contributed by atoms with van der Waals surface area (Å²) in [7, 11) is 1.80. The molecule has 19 heavy (non-hydrogen) atoms. The molecule has 1 fully saturated rings. The van der Waals surface area contributed by atoms with Crippen LogP contribution in [0.4, 0.5) is 18.9 Å². The van der Waals surface area contributed by atoms with E-state index in [0.29, 0.717) is 12.2 Å². The fourth-order valence-corrected chi connectivity index (χ4v) is 2.32. The van der Waals surface area contributed by atoms with E-state index in [1.54, 1.807) is 7.05 Å². The minimum absolute atomic E-state index is 0.0416. The van der Waals surface area contributed by atoms with E-state index in [1.165, 1.54) is 4.90 Å². The Hall–Kier alpha value is -1.23. The molecule has 106 valence electrons. The van der Waals surface area contributed by atoms with Crippen molar-refractivity contribution in [3.63, 3.8) is 0 Å². The SMILES string of the molecule is CNCc1cc(C)ccc1N(CC(F)(F)F)C1CC1. The maximum Gasteiger partial charge on any atom is 0.405 e. The van der Waals surface area contributed by atoms with Crippen LogP contribution in [0.1, 0.15) is 24.0 Å². The molecular formula is C14H19F3N2. The molecule has 0 unspecified atom stereocenters. The zero-order valence-corrected chi connectivity index (χ0v) is 11.2. The van der Waals surface area contributed by atoms with E-state index in [9.17, 15) is 13.2 Å². The fourth-order valence-electron chi connectivity index (χ4n) is 2.32. The van der Waals surface area contributed by atoms with Gasteiger partial charge in [-0.25, -0.2) is 0 Å². The van der Waals surface area contributed by atoms with Crippen LogP contribution >= 0.6 is 0 Å². The van der Waals surface area contributed by atoms with Crippen LogP contribution in [0.25, 0.3) is 0 Å². The number of anilines is 1. The van der Waals surface area contributed by atoms with Gasteiger partial charge in [0.05, 0.1) is 0 Å². The van der Waals surface area contributed by atoms with Gasteiger partial charge >= 0.3 is 6.18 Å². The fraction of sp³-hybridized carbons (Fsp3) is 0.571. The topological polar surface area (TPSA) is 15.3 Å². The molecule has 1 saturated carbocycles. The Labute approximate surface area is 111 Å². The van der Waals surface area contributed by atoms with Crippen LogP contribution in [0.15, 0.2) is 18.2 Å². The molecule has 2 nitrogen and oxygen atoms in total. The average Bonchev–Trinajstić information content (AvgIpc) is 3.09. The average molecular weight is 272 g/mol. The molecule has 2 rings (SSSR count). The Kier molecular flexibility index (Phi) is 4.04. The molecular weight excluding hydrogens is 253 g/mol. The van der Waals surface area contributed by atoms with Gasteiger partial charge in [0.2, 0.25) is 0 Å². The van der Waals surface area contributed by atoms with Crippen molar-refractivity contribution in [2.24, 2.45) is 0 Å². The van der Waals surface area contributed by atoms with Crippen LogP contribution in [0, 0.1) is 6.92 Å². The lowest BCUT2D eigenvalue weighted by atomic mass is 10.1. The first-order valence-electron chi connectivity index (χ1n) is 6.48. The van der Waals surface area contributed by atoms with E-state index in [-0.39, 0.29) is 6.04 Å². The molecule has 1 aliphatic carbocycles. The molecule has 1 N–H and O–H groups in total. The van der Waals surface area contributed by atoms with Crippen molar-refractivity contribution in [3.8, 4) is 0 Å². The zero-order valence-electron chi connectivity index (χ0n) is 11.2. The summed E-state index contributed by atoms with van der Waals surface area (Å²) in [5.74, 6) is 0. The lowest BCUT2D eigenvalue weighted by Crippen LogP contribution is -2.36. The summed E-state index contributed by atoms with van der Waals surface area (Å²) in [6.07, 6.45) is -2.46. The van der Waals surface area contributed by atoms with E-state index in [0.717, 1.165) is 24.0 Å². The highest BCUT2D eigenvalue weighted by Gasteiger charge is 2.38. The number of nitrogens with zero attached hydrogens (tertiary/aromatic N) is 1. The van der Waals surface area contributed by atoms with E-state index in [4.69, 9.17) is 0 Å². The van der Waals surface area contributed by atoms with E-state index in [2.05, 4.69) is 5.32 Å². The van der Waals surface area contributed by atoms with Crippen LogP contribution < -0.4 is 10.2 Å². The van der Waals surface area contributed by atoms with Gasteiger partial charge in [0.25, 0.3) is 0 Å². The molecule has 1 aromatic rings. The third-order valence-corrected chi connectivity index (χ3v) is 3.25. The highest BCUT2D eigenvalue weighted by molar-refractivity contribution is 5.56. The maximum atomic E-state index is 12.7. The van der Waals surface area contributed by atoms with Gasteiger partial charge in [-0.2, -0.15) is 13.2 Å². The minimum Gasteiger partial charge on any atom is -0.359 e. The number of hydrogen-bond donors (Lipinski definition) is 1. The highest BCUT2D eigenvalue weighted by Crippen LogP contribution is 2.36. The Morgan fingerprint density at radius 1 is 1.32 bits per heavy atom. The molecule has 1 aliphatic rings. The van der Waals surface area contributed by atoms with Crippen LogP contribution in [0.2, 0.25) is 0 Å². The molecule has 5 heteroatoms. The van der Waals surface area contributed by atoms with E-state index >= 15 is 0 Å². The predicted octanol–water partition coefficient (Wildman–Crippen LogP) is 3.25. The molecule has 0 saturated heterocycles. The maximum absolute atomic E-state index is 12.7. The third kappa shape index (κ3) is 3.86. The highest BCUT2D eigenvalue weighted by atomic mass is 19.4. The molecule has 1 aromatic carbocycles. The Bertz CT molecular complexity index is 439. The van der Waals surface area contributed by atoms with Gasteiger partial charge in [0.1, 0.15) is 6.54 Å². The van der Waals surface area contributed by atoms with Gasteiger partial charge in [0.15, 0.2) is 0 Å². The Morgan fingerprint density at radius 3 is 2.53 bits per heavy atom. The molecule has 0 bridgehead atoms. The summed E-state index contributed by atoms with van der Waals surface area (Å²) >= 11 is 0. The largest absolute Gasteiger partial charge is 0.405 e. The summed E-state index contributed by atoms with van der Waals surface area (Å²) in [4.78, 5) is 1.51. The Morgan fingerprint density at radius 2 is 2.00 bits per heavy atom. The summed E-state index contributed by atoms with van der Waals surface area (Å²) in [5.41, 5.74) is 2.70. The van der Waals surface area contributed by atoms with Gasteiger partial charge in [-0.15, -0.1) is 0 Å². The van der Waals surface area contributed by atoms with Crippen LogP contribution in [-0.4, -0.2) is 25.8 Å². The summed E-state index contributed by atoms with van der Waals surface area (Å²) in [6, 6.07) is 5.68. The van der Waals surface area contributed by atoms with Gasteiger partial charge in [-0.3, -0.25) is 0 Å². The number of halogens is 3.